The SMILES string of the molecule is CC.CCCCN(C)c1ccc(C)cc1. The van der Waals surface area contributed by atoms with Gasteiger partial charge in [0.2, 0.25) is 0 Å². The molecule has 0 aromatic heterocycles. The van der Waals surface area contributed by atoms with Crippen molar-refractivity contribution in [2.24, 2.45) is 0 Å². The van der Waals surface area contributed by atoms with E-state index < -0.39 is 0 Å². The first-order chi connectivity index (χ1) is 7.24. The van der Waals surface area contributed by atoms with E-state index in [1.54, 1.807) is 0 Å². The van der Waals surface area contributed by atoms with Crippen LogP contribution in [-0.4, -0.2) is 13.6 Å². The summed E-state index contributed by atoms with van der Waals surface area (Å²) in [5.41, 5.74) is 2.65. The van der Waals surface area contributed by atoms with Crippen LogP contribution in [0.25, 0.3) is 0 Å². The molecule has 86 valence electrons. The van der Waals surface area contributed by atoms with Crippen molar-refractivity contribution in [1.82, 2.24) is 0 Å². The van der Waals surface area contributed by atoms with Crippen LogP contribution in [0.5, 0.6) is 0 Å². The molecule has 0 aliphatic heterocycles. The van der Waals surface area contributed by atoms with Crippen molar-refractivity contribution in [3.63, 3.8) is 0 Å². The van der Waals surface area contributed by atoms with Crippen molar-refractivity contribution in [2.45, 2.75) is 40.5 Å². The maximum absolute atomic E-state index is 2.31. The van der Waals surface area contributed by atoms with E-state index in [0.717, 1.165) is 6.54 Å². The first-order valence-corrected chi connectivity index (χ1v) is 6.02. The van der Waals surface area contributed by atoms with Gasteiger partial charge in [0.1, 0.15) is 0 Å². The Labute approximate surface area is 95.1 Å². The topological polar surface area (TPSA) is 3.24 Å². The highest BCUT2D eigenvalue weighted by Gasteiger charge is 1.98. The third-order valence-corrected chi connectivity index (χ3v) is 2.32. The lowest BCUT2D eigenvalue weighted by Gasteiger charge is -2.18. The largest absolute Gasteiger partial charge is 0.375 e. The summed E-state index contributed by atoms with van der Waals surface area (Å²) in [6.45, 7) is 9.50. The van der Waals surface area contributed by atoms with Gasteiger partial charge >= 0.3 is 0 Å². The number of nitrogens with zero attached hydrogens (tertiary/aromatic N) is 1. The molecular formula is C14H25N. The van der Waals surface area contributed by atoms with E-state index in [0.29, 0.717) is 0 Å². The van der Waals surface area contributed by atoms with E-state index >= 15 is 0 Å². The van der Waals surface area contributed by atoms with Gasteiger partial charge in [0.25, 0.3) is 0 Å². The Bertz CT molecular complexity index is 238. The molecule has 0 bridgehead atoms. The summed E-state index contributed by atoms with van der Waals surface area (Å²) in [5.74, 6) is 0. The van der Waals surface area contributed by atoms with Gasteiger partial charge in [-0.25, -0.2) is 0 Å². The molecule has 0 unspecified atom stereocenters. The van der Waals surface area contributed by atoms with Gasteiger partial charge in [-0.3, -0.25) is 0 Å². The quantitative estimate of drug-likeness (QED) is 0.713. The van der Waals surface area contributed by atoms with Crippen LogP contribution in [0, 0.1) is 6.92 Å². The molecule has 0 amide bonds. The van der Waals surface area contributed by atoms with E-state index in [1.165, 1.54) is 24.1 Å². The Morgan fingerprint density at radius 2 is 1.60 bits per heavy atom. The fourth-order valence-electron chi connectivity index (χ4n) is 1.32. The molecule has 1 aromatic carbocycles. The average molecular weight is 207 g/mol. The van der Waals surface area contributed by atoms with Crippen LogP contribution in [0.3, 0.4) is 0 Å². The van der Waals surface area contributed by atoms with Gasteiger partial charge in [0.15, 0.2) is 0 Å². The van der Waals surface area contributed by atoms with E-state index in [4.69, 9.17) is 0 Å². The van der Waals surface area contributed by atoms with Gasteiger partial charge in [-0.1, -0.05) is 44.9 Å². The van der Waals surface area contributed by atoms with Crippen LogP contribution in [0.1, 0.15) is 39.2 Å². The molecule has 1 aromatic rings. The zero-order valence-corrected chi connectivity index (χ0v) is 10.9. The molecule has 15 heavy (non-hydrogen) atoms. The maximum Gasteiger partial charge on any atom is 0.0363 e. The minimum Gasteiger partial charge on any atom is -0.375 e. The predicted molar refractivity (Wildman–Crippen MR) is 70.7 cm³/mol. The molecule has 1 rings (SSSR count). The Balaban J connectivity index is 0.000000921. The zero-order chi connectivity index (χ0) is 11.7. The van der Waals surface area contributed by atoms with Crippen LogP contribution in [0.4, 0.5) is 5.69 Å². The maximum atomic E-state index is 2.31. The van der Waals surface area contributed by atoms with E-state index in [9.17, 15) is 0 Å². The molecule has 0 N–H and O–H groups in total. The average Bonchev–Trinajstić information content (AvgIpc) is 2.29. The molecule has 0 heterocycles. The molecule has 0 aliphatic rings. The van der Waals surface area contributed by atoms with Crippen LogP contribution in [0.2, 0.25) is 0 Å². The second kappa shape index (κ2) is 8.34. The van der Waals surface area contributed by atoms with Crippen molar-refractivity contribution in [1.29, 1.82) is 0 Å². The Morgan fingerprint density at radius 1 is 1.07 bits per heavy atom. The number of aryl methyl sites for hydroxylation is 1. The van der Waals surface area contributed by atoms with Crippen molar-refractivity contribution < 1.29 is 0 Å². The lowest BCUT2D eigenvalue weighted by atomic mass is 10.2. The van der Waals surface area contributed by atoms with Crippen LogP contribution < -0.4 is 4.90 Å². The minimum absolute atomic E-state index is 1.15. The van der Waals surface area contributed by atoms with E-state index in [2.05, 4.69) is 50.1 Å². The number of hydrogen-bond acceptors (Lipinski definition) is 1. The summed E-state index contributed by atoms with van der Waals surface area (Å²) < 4.78 is 0. The second-order valence-corrected chi connectivity index (χ2v) is 3.61. The summed E-state index contributed by atoms with van der Waals surface area (Å²) in [6, 6.07) is 8.70. The molecule has 0 radical (unpaired) electrons. The van der Waals surface area contributed by atoms with Crippen molar-refractivity contribution in [3.8, 4) is 0 Å². The zero-order valence-electron chi connectivity index (χ0n) is 10.9. The Hall–Kier alpha value is -0.980. The van der Waals surface area contributed by atoms with E-state index in [1.807, 2.05) is 13.8 Å². The normalized spacial score (nSPS) is 9.13. The fraction of sp³-hybridized carbons (Fsp3) is 0.571. The Morgan fingerprint density at radius 3 is 2.07 bits per heavy atom. The number of benzene rings is 1. The summed E-state index contributed by atoms with van der Waals surface area (Å²) in [7, 11) is 2.15. The van der Waals surface area contributed by atoms with Gasteiger partial charge in [-0.05, 0) is 25.5 Å². The molecule has 1 heteroatoms. The molecular weight excluding hydrogens is 182 g/mol. The van der Waals surface area contributed by atoms with Crippen molar-refractivity contribution >= 4 is 5.69 Å². The highest BCUT2D eigenvalue weighted by atomic mass is 15.1. The van der Waals surface area contributed by atoms with Gasteiger partial charge in [0.05, 0.1) is 0 Å². The summed E-state index contributed by atoms with van der Waals surface area (Å²) >= 11 is 0. The minimum atomic E-state index is 1.15. The van der Waals surface area contributed by atoms with Crippen LogP contribution in [0.15, 0.2) is 24.3 Å². The van der Waals surface area contributed by atoms with Gasteiger partial charge in [-0.15, -0.1) is 0 Å². The Kier molecular flexibility index (Phi) is 7.79. The number of unbranched alkanes of at least 4 members (excludes halogenated alkanes) is 1. The standard InChI is InChI=1S/C12H19N.C2H6/c1-4-5-10-13(3)12-8-6-11(2)7-9-12;1-2/h6-9H,4-5,10H2,1-3H3;1-2H3. The molecule has 0 atom stereocenters. The first-order valence-electron chi connectivity index (χ1n) is 6.02. The highest BCUT2D eigenvalue weighted by molar-refractivity contribution is 5.46. The van der Waals surface area contributed by atoms with E-state index in [-0.39, 0.29) is 0 Å². The monoisotopic (exact) mass is 207 g/mol. The van der Waals surface area contributed by atoms with Crippen molar-refractivity contribution in [2.75, 3.05) is 18.5 Å². The van der Waals surface area contributed by atoms with Gasteiger partial charge < -0.3 is 4.90 Å². The fourth-order valence-corrected chi connectivity index (χ4v) is 1.32. The van der Waals surface area contributed by atoms with Gasteiger partial charge in [0, 0.05) is 19.3 Å². The molecule has 0 fully saturated rings. The molecule has 0 saturated carbocycles. The number of rotatable bonds is 4. The lowest BCUT2D eigenvalue weighted by Crippen LogP contribution is -2.17. The highest BCUT2D eigenvalue weighted by Crippen LogP contribution is 2.13. The molecule has 0 saturated heterocycles. The van der Waals surface area contributed by atoms with Crippen molar-refractivity contribution in [3.05, 3.63) is 29.8 Å². The summed E-state index contributed by atoms with van der Waals surface area (Å²) in [4.78, 5) is 2.31. The summed E-state index contributed by atoms with van der Waals surface area (Å²) in [6.07, 6.45) is 2.53. The lowest BCUT2D eigenvalue weighted by molar-refractivity contribution is 0.766. The summed E-state index contributed by atoms with van der Waals surface area (Å²) in [5, 5.41) is 0. The third-order valence-electron chi connectivity index (χ3n) is 2.32. The molecule has 0 spiro atoms. The first kappa shape index (κ1) is 14.0. The molecule has 0 aliphatic carbocycles. The molecule has 1 nitrogen and oxygen atoms in total. The second-order valence-electron chi connectivity index (χ2n) is 3.61. The van der Waals surface area contributed by atoms with Crippen LogP contribution >= 0.6 is 0 Å². The number of hydrogen-bond donors (Lipinski definition) is 0. The third kappa shape index (κ3) is 5.46. The smallest absolute Gasteiger partial charge is 0.0363 e. The van der Waals surface area contributed by atoms with Gasteiger partial charge in [-0.2, -0.15) is 0 Å². The predicted octanol–water partition coefficient (Wildman–Crippen LogP) is 4.26. The number of anilines is 1. The van der Waals surface area contributed by atoms with Crippen LogP contribution in [-0.2, 0) is 0 Å².